The van der Waals surface area contributed by atoms with Gasteiger partial charge in [0.15, 0.2) is 5.96 Å². The van der Waals surface area contributed by atoms with E-state index in [-0.39, 0.29) is 11.7 Å². The van der Waals surface area contributed by atoms with Gasteiger partial charge in [-0.25, -0.2) is 4.39 Å². The highest BCUT2D eigenvalue weighted by atomic mass is 19.1. The number of halogens is 1. The Morgan fingerprint density at radius 3 is 2.32 bits per heavy atom. The second kappa shape index (κ2) is 11.1. The van der Waals surface area contributed by atoms with Crippen LogP contribution >= 0.6 is 0 Å². The molecular formula is C22H29FN4O. The number of aliphatic imine (C=N–C) groups is 1. The highest BCUT2D eigenvalue weighted by Crippen LogP contribution is 2.08. The Morgan fingerprint density at radius 2 is 1.71 bits per heavy atom. The summed E-state index contributed by atoms with van der Waals surface area (Å²) < 4.78 is 13.6. The van der Waals surface area contributed by atoms with Gasteiger partial charge in [0, 0.05) is 38.8 Å². The van der Waals surface area contributed by atoms with Gasteiger partial charge in [-0.15, -0.1) is 0 Å². The van der Waals surface area contributed by atoms with Crippen LogP contribution in [0.15, 0.2) is 53.5 Å². The Morgan fingerprint density at radius 1 is 1.04 bits per heavy atom. The van der Waals surface area contributed by atoms with E-state index in [1.54, 1.807) is 24.1 Å². The van der Waals surface area contributed by atoms with Gasteiger partial charge in [-0.1, -0.05) is 30.3 Å². The minimum atomic E-state index is -0.188. The molecule has 0 atom stereocenters. The van der Waals surface area contributed by atoms with Gasteiger partial charge in [0.25, 0.3) is 5.91 Å². The summed E-state index contributed by atoms with van der Waals surface area (Å²) >= 11 is 0. The third-order valence-corrected chi connectivity index (χ3v) is 4.58. The molecule has 0 fully saturated rings. The van der Waals surface area contributed by atoms with Crippen molar-refractivity contribution in [3.63, 3.8) is 0 Å². The van der Waals surface area contributed by atoms with Crippen LogP contribution in [-0.4, -0.2) is 43.4 Å². The number of rotatable bonds is 8. The zero-order valence-corrected chi connectivity index (χ0v) is 16.8. The molecule has 0 saturated carbocycles. The maximum absolute atomic E-state index is 13.6. The Bertz CT molecular complexity index is 785. The van der Waals surface area contributed by atoms with Crippen LogP contribution in [0, 0.1) is 5.82 Å². The van der Waals surface area contributed by atoms with E-state index in [0.717, 1.165) is 5.56 Å². The summed E-state index contributed by atoms with van der Waals surface area (Å²) in [6.07, 6.45) is 0.579. The van der Waals surface area contributed by atoms with Crippen LogP contribution in [0.25, 0.3) is 0 Å². The fourth-order valence-corrected chi connectivity index (χ4v) is 2.88. The van der Waals surface area contributed by atoms with Crippen LogP contribution in [0.2, 0.25) is 0 Å². The molecule has 0 heterocycles. The Kier molecular flexibility index (Phi) is 8.46. The molecule has 150 valence electrons. The van der Waals surface area contributed by atoms with Gasteiger partial charge in [0.05, 0.1) is 0 Å². The van der Waals surface area contributed by atoms with Crippen molar-refractivity contribution in [3.8, 4) is 0 Å². The molecular weight excluding hydrogens is 355 g/mol. The number of guanidine groups is 1. The molecule has 0 spiro atoms. The second-order valence-corrected chi connectivity index (χ2v) is 6.37. The average Bonchev–Trinajstić information content (AvgIpc) is 2.73. The maximum Gasteiger partial charge on any atom is 0.253 e. The van der Waals surface area contributed by atoms with Crippen LogP contribution in [0.4, 0.5) is 4.39 Å². The first-order valence-electron chi connectivity index (χ1n) is 9.65. The summed E-state index contributed by atoms with van der Waals surface area (Å²) in [5, 5.41) is 6.42. The summed E-state index contributed by atoms with van der Waals surface area (Å²) in [4.78, 5) is 18.3. The second-order valence-electron chi connectivity index (χ2n) is 6.37. The minimum Gasteiger partial charge on any atom is -0.356 e. The topological polar surface area (TPSA) is 56.7 Å². The molecule has 0 bridgehead atoms. The predicted molar refractivity (Wildman–Crippen MR) is 112 cm³/mol. The fourth-order valence-electron chi connectivity index (χ4n) is 2.88. The first-order chi connectivity index (χ1) is 13.6. The number of carbonyl (C=O) groups excluding carboxylic acids is 1. The lowest BCUT2D eigenvalue weighted by Crippen LogP contribution is -2.37. The largest absolute Gasteiger partial charge is 0.356 e. The molecule has 0 aliphatic carbocycles. The van der Waals surface area contributed by atoms with Gasteiger partial charge in [-0.05, 0) is 49.6 Å². The number of nitrogens with one attached hydrogen (secondary N) is 2. The number of amides is 1. The van der Waals surface area contributed by atoms with Crippen molar-refractivity contribution in [3.05, 3.63) is 71.0 Å². The van der Waals surface area contributed by atoms with Crippen molar-refractivity contribution in [2.45, 2.75) is 26.8 Å². The number of benzene rings is 2. The van der Waals surface area contributed by atoms with Gasteiger partial charge >= 0.3 is 0 Å². The summed E-state index contributed by atoms with van der Waals surface area (Å²) in [7, 11) is 1.70. The summed E-state index contributed by atoms with van der Waals surface area (Å²) in [6.45, 7) is 6.52. The van der Waals surface area contributed by atoms with E-state index in [1.165, 1.54) is 6.07 Å². The lowest BCUT2D eigenvalue weighted by atomic mass is 10.1. The molecule has 0 unspecified atom stereocenters. The molecule has 28 heavy (non-hydrogen) atoms. The van der Waals surface area contributed by atoms with Crippen LogP contribution < -0.4 is 10.6 Å². The first kappa shape index (κ1) is 21.4. The van der Waals surface area contributed by atoms with Crippen LogP contribution in [0.5, 0.6) is 0 Å². The van der Waals surface area contributed by atoms with Crippen molar-refractivity contribution in [2.24, 2.45) is 4.99 Å². The van der Waals surface area contributed by atoms with Crippen LogP contribution in [0.3, 0.4) is 0 Å². The first-order valence-corrected chi connectivity index (χ1v) is 9.65. The predicted octanol–water partition coefficient (Wildman–Crippen LogP) is 3.22. The van der Waals surface area contributed by atoms with Crippen LogP contribution in [0.1, 0.15) is 35.3 Å². The van der Waals surface area contributed by atoms with E-state index in [0.29, 0.717) is 49.7 Å². The molecule has 0 radical (unpaired) electrons. The van der Waals surface area contributed by atoms with Gasteiger partial charge < -0.3 is 15.5 Å². The molecule has 2 aromatic carbocycles. The molecule has 2 N–H and O–H groups in total. The Hall–Kier alpha value is -2.89. The molecule has 5 nitrogen and oxygen atoms in total. The number of nitrogens with zero attached hydrogens (tertiary/aromatic N) is 2. The molecule has 0 saturated heterocycles. The average molecular weight is 384 g/mol. The molecule has 0 aromatic heterocycles. The lowest BCUT2D eigenvalue weighted by Gasteiger charge is -2.18. The van der Waals surface area contributed by atoms with Crippen molar-refractivity contribution in [1.82, 2.24) is 15.5 Å². The number of carbonyl (C=O) groups is 1. The lowest BCUT2D eigenvalue weighted by molar-refractivity contribution is 0.0773. The van der Waals surface area contributed by atoms with Crippen molar-refractivity contribution < 1.29 is 9.18 Å². The van der Waals surface area contributed by atoms with Gasteiger partial charge in [-0.2, -0.15) is 0 Å². The molecule has 2 rings (SSSR count). The van der Waals surface area contributed by atoms with Crippen molar-refractivity contribution >= 4 is 11.9 Å². The molecule has 0 aliphatic rings. The third-order valence-electron chi connectivity index (χ3n) is 4.58. The molecule has 6 heteroatoms. The summed E-state index contributed by atoms with van der Waals surface area (Å²) in [5.74, 6) is 0.515. The molecule has 0 aliphatic heterocycles. The number of hydrogen-bond acceptors (Lipinski definition) is 2. The summed E-state index contributed by atoms with van der Waals surface area (Å²) in [5.41, 5.74) is 2.42. The van der Waals surface area contributed by atoms with Crippen molar-refractivity contribution in [1.29, 1.82) is 0 Å². The summed E-state index contributed by atoms with van der Waals surface area (Å²) in [6, 6.07) is 14.4. The normalized spacial score (nSPS) is 11.2. The zero-order chi connectivity index (χ0) is 20.4. The van der Waals surface area contributed by atoms with E-state index in [2.05, 4.69) is 15.6 Å². The van der Waals surface area contributed by atoms with Gasteiger partial charge in [0.2, 0.25) is 0 Å². The van der Waals surface area contributed by atoms with E-state index < -0.39 is 0 Å². The van der Waals surface area contributed by atoms with Crippen LogP contribution in [-0.2, 0) is 13.0 Å². The SMILES string of the molecule is CCN(CC)C(=O)c1ccc(CNC(=NC)NCCc2ccccc2F)cc1. The van der Waals surface area contributed by atoms with Gasteiger partial charge in [-0.3, -0.25) is 9.79 Å². The standard InChI is InChI=1S/C22H29FN4O/c1-4-27(5-2)21(28)19-12-10-17(11-13-19)16-26-22(24-3)25-15-14-18-8-6-7-9-20(18)23/h6-13H,4-5,14-16H2,1-3H3,(H2,24,25,26). The third kappa shape index (κ3) is 6.08. The van der Waals surface area contributed by atoms with Gasteiger partial charge in [0.1, 0.15) is 5.82 Å². The van der Waals surface area contributed by atoms with E-state index in [4.69, 9.17) is 0 Å². The monoisotopic (exact) mass is 384 g/mol. The van der Waals surface area contributed by atoms with Crippen molar-refractivity contribution in [2.75, 3.05) is 26.7 Å². The molecule has 1 amide bonds. The Labute approximate surface area is 166 Å². The Balaban J connectivity index is 1.83. The van der Waals surface area contributed by atoms with E-state index in [1.807, 2.05) is 44.2 Å². The highest BCUT2D eigenvalue weighted by Gasteiger charge is 2.11. The molecule has 2 aromatic rings. The highest BCUT2D eigenvalue weighted by molar-refractivity contribution is 5.94. The fraction of sp³-hybridized carbons (Fsp3) is 0.364. The zero-order valence-electron chi connectivity index (χ0n) is 16.8. The smallest absolute Gasteiger partial charge is 0.253 e. The minimum absolute atomic E-state index is 0.0510. The quantitative estimate of drug-likeness (QED) is 0.543. The number of hydrogen-bond donors (Lipinski definition) is 2. The van der Waals surface area contributed by atoms with E-state index in [9.17, 15) is 9.18 Å². The van der Waals surface area contributed by atoms with E-state index >= 15 is 0 Å². The maximum atomic E-state index is 13.6.